The van der Waals surface area contributed by atoms with Crippen molar-refractivity contribution in [1.29, 1.82) is 0 Å². The average molecular weight is 216 g/mol. The number of rotatable bonds is 0. The minimum Gasteiger partial charge on any atom is -0.196 e. The summed E-state index contributed by atoms with van der Waals surface area (Å²) in [6.45, 7) is 0. The molecule has 16 heavy (non-hydrogen) atoms. The highest BCUT2D eigenvalue weighted by Gasteiger charge is 2.40. The molecule has 0 aromatic heterocycles. The highest BCUT2D eigenvalue weighted by atomic mass is 19.3. The van der Waals surface area contributed by atoms with E-state index in [4.69, 9.17) is 0 Å². The quantitative estimate of drug-likeness (QED) is 0.629. The van der Waals surface area contributed by atoms with Gasteiger partial charge in [-0.15, -0.1) is 0 Å². The topological polar surface area (TPSA) is 0 Å². The predicted octanol–water partition coefficient (Wildman–Crippen LogP) is 3.73. The molecule has 2 aromatic rings. The summed E-state index contributed by atoms with van der Waals surface area (Å²) < 4.78 is 28.4. The third kappa shape index (κ3) is 1.19. The van der Waals surface area contributed by atoms with Crippen LogP contribution in [-0.2, 0) is 12.3 Å². The minimum absolute atomic E-state index is 0.147. The summed E-state index contributed by atoms with van der Waals surface area (Å²) in [4.78, 5) is 0. The molecule has 0 nitrogen and oxygen atoms in total. The van der Waals surface area contributed by atoms with E-state index in [0.717, 1.165) is 11.1 Å². The highest BCUT2D eigenvalue weighted by Crippen LogP contribution is 2.43. The molecule has 1 aliphatic carbocycles. The second-order valence-corrected chi connectivity index (χ2v) is 4.07. The van der Waals surface area contributed by atoms with Gasteiger partial charge in [0.05, 0.1) is 0 Å². The first-order valence-electron chi connectivity index (χ1n) is 5.24. The Morgan fingerprint density at radius 1 is 0.750 bits per heavy atom. The largest absolute Gasteiger partial charge is 0.299 e. The first-order chi connectivity index (χ1) is 7.69. The van der Waals surface area contributed by atoms with Gasteiger partial charge in [0.15, 0.2) is 0 Å². The third-order valence-corrected chi connectivity index (χ3v) is 3.09. The Morgan fingerprint density at radius 2 is 1.19 bits per heavy atom. The molecule has 1 aliphatic rings. The number of alkyl halides is 2. The van der Waals surface area contributed by atoms with Crippen molar-refractivity contribution in [2.45, 2.75) is 12.3 Å². The van der Waals surface area contributed by atoms with Crippen molar-refractivity contribution in [3.63, 3.8) is 0 Å². The summed E-state index contributed by atoms with van der Waals surface area (Å²) in [6, 6.07) is 13.5. The van der Waals surface area contributed by atoms with Gasteiger partial charge in [0.2, 0.25) is 0 Å². The molecule has 0 aliphatic heterocycles. The Bertz CT molecular complexity index is 496. The molecule has 0 spiro atoms. The lowest BCUT2D eigenvalue weighted by atomic mass is 9.83. The zero-order valence-corrected chi connectivity index (χ0v) is 8.58. The van der Waals surface area contributed by atoms with Crippen molar-refractivity contribution in [2.24, 2.45) is 0 Å². The Balaban J connectivity index is 2.28. The number of hydrogen-bond donors (Lipinski definition) is 0. The van der Waals surface area contributed by atoms with E-state index in [1.807, 2.05) is 12.1 Å². The zero-order valence-electron chi connectivity index (χ0n) is 8.58. The van der Waals surface area contributed by atoms with Crippen LogP contribution in [0.1, 0.15) is 22.3 Å². The molecule has 0 saturated heterocycles. The van der Waals surface area contributed by atoms with Crippen LogP contribution < -0.4 is 0 Å². The molecule has 0 radical (unpaired) electrons. The van der Waals surface area contributed by atoms with Gasteiger partial charge in [0, 0.05) is 11.1 Å². The van der Waals surface area contributed by atoms with Gasteiger partial charge in [0.1, 0.15) is 0 Å². The van der Waals surface area contributed by atoms with E-state index >= 15 is 0 Å². The fraction of sp³-hybridized carbons (Fsp3) is 0.143. The standard InChI is InChI=1S/C14H10F2/c15-14(16)12-7-3-1-5-10(12)9-11-6-2-4-8-13(11)14/h1-8H,9H2. The molecule has 0 heterocycles. The minimum atomic E-state index is -2.86. The van der Waals surface area contributed by atoms with Crippen LogP contribution in [0, 0.1) is 0 Å². The van der Waals surface area contributed by atoms with Crippen LogP contribution in [0.2, 0.25) is 0 Å². The maximum absolute atomic E-state index is 14.2. The van der Waals surface area contributed by atoms with Crippen molar-refractivity contribution >= 4 is 0 Å². The van der Waals surface area contributed by atoms with Gasteiger partial charge in [0.25, 0.3) is 5.92 Å². The molecular formula is C14H10F2. The van der Waals surface area contributed by atoms with Crippen molar-refractivity contribution in [1.82, 2.24) is 0 Å². The molecule has 0 fully saturated rings. The smallest absolute Gasteiger partial charge is 0.196 e. The molecule has 80 valence electrons. The molecule has 0 bridgehead atoms. The van der Waals surface area contributed by atoms with Crippen LogP contribution in [0.25, 0.3) is 0 Å². The van der Waals surface area contributed by atoms with E-state index in [1.165, 1.54) is 12.1 Å². The third-order valence-electron chi connectivity index (χ3n) is 3.09. The molecule has 0 unspecified atom stereocenters. The highest BCUT2D eigenvalue weighted by molar-refractivity contribution is 5.49. The van der Waals surface area contributed by atoms with Gasteiger partial charge >= 0.3 is 0 Å². The summed E-state index contributed by atoms with van der Waals surface area (Å²) in [5.74, 6) is -2.86. The molecule has 2 aromatic carbocycles. The number of benzene rings is 2. The first kappa shape index (κ1) is 9.52. The van der Waals surface area contributed by atoms with Crippen LogP contribution in [0.5, 0.6) is 0 Å². The van der Waals surface area contributed by atoms with Crippen molar-refractivity contribution in [2.75, 3.05) is 0 Å². The van der Waals surface area contributed by atoms with E-state index < -0.39 is 5.92 Å². The second-order valence-electron chi connectivity index (χ2n) is 4.07. The molecule has 0 amide bonds. The average Bonchev–Trinajstić information content (AvgIpc) is 2.29. The van der Waals surface area contributed by atoms with E-state index in [-0.39, 0.29) is 11.1 Å². The second kappa shape index (κ2) is 3.14. The van der Waals surface area contributed by atoms with Gasteiger partial charge < -0.3 is 0 Å². The summed E-state index contributed by atoms with van der Waals surface area (Å²) >= 11 is 0. The molecule has 2 heteroatoms. The lowest BCUT2D eigenvalue weighted by molar-refractivity contribution is 0.0386. The molecular weight excluding hydrogens is 206 g/mol. The lowest BCUT2D eigenvalue weighted by Gasteiger charge is -2.27. The summed E-state index contributed by atoms with van der Waals surface area (Å²) in [5.41, 5.74) is 1.75. The van der Waals surface area contributed by atoms with Gasteiger partial charge in [-0.2, -0.15) is 8.78 Å². The summed E-state index contributed by atoms with van der Waals surface area (Å²) in [5, 5.41) is 0. The summed E-state index contributed by atoms with van der Waals surface area (Å²) in [6.07, 6.45) is 0.599. The van der Waals surface area contributed by atoms with E-state index in [9.17, 15) is 8.78 Å². The van der Waals surface area contributed by atoms with Crippen LogP contribution >= 0.6 is 0 Å². The van der Waals surface area contributed by atoms with Gasteiger partial charge in [-0.1, -0.05) is 48.5 Å². The van der Waals surface area contributed by atoms with Crippen LogP contribution in [0.3, 0.4) is 0 Å². The van der Waals surface area contributed by atoms with Crippen LogP contribution in [0.4, 0.5) is 8.78 Å². The van der Waals surface area contributed by atoms with Crippen LogP contribution in [0.15, 0.2) is 48.5 Å². The maximum Gasteiger partial charge on any atom is 0.299 e. The van der Waals surface area contributed by atoms with Crippen LogP contribution in [-0.4, -0.2) is 0 Å². The Morgan fingerprint density at radius 3 is 1.69 bits per heavy atom. The molecule has 0 saturated carbocycles. The van der Waals surface area contributed by atoms with Crippen molar-refractivity contribution in [3.05, 3.63) is 70.8 Å². The normalized spacial score (nSPS) is 16.4. The van der Waals surface area contributed by atoms with E-state index in [2.05, 4.69) is 0 Å². The van der Waals surface area contributed by atoms with E-state index in [0.29, 0.717) is 6.42 Å². The number of halogens is 2. The number of fused-ring (bicyclic) bond motifs is 2. The Hall–Kier alpha value is -1.70. The zero-order chi connectivity index (χ0) is 11.2. The summed E-state index contributed by atoms with van der Waals surface area (Å²) in [7, 11) is 0. The molecule has 3 rings (SSSR count). The SMILES string of the molecule is FC1(F)c2ccccc2Cc2ccccc21. The fourth-order valence-electron chi connectivity index (χ4n) is 2.31. The van der Waals surface area contributed by atoms with Gasteiger partial charge in [-0.25, -0.2) is 0 Å². The van der Waals surface area contributed by atoms with Gasteiger partial charge in [-0.05, 0) is 17.5 Å². The van der Waals surface area contributed by atoms with Crippen molar-refractivity contribution in [3.8, 4) is 0 Å². The number of hydrogen-bond acceptors (Lipinski definition) is 0. The van der Waals surface area contributed by atoms with Crippen molar-refractivity contribution < 1.29 is 8.78 Å². The molecule has 0 atom stereocenters. The predicted molar refractivity (Wildman–Crippen MR) is 58.7 cm³/mol. The monoisotopic (exact) mass is 216 g/mol. The van der Waals surface area contributed by atoms with E-state index in [1.54, 1.807) is 24.3 Å². The van der Waals surface area contributed by atoms with Gasteiger partial charge in [-0.3, -0.25) is 0 Å². The maximum atomic E-state index is 14.2. The first-order valence-corrected chi connectivity index (χ1v) is 5.24. The Labute approximate surface area is 92.5 Å². The lowest BCUT2D eigenvalue weighted by Crippen LogP contribution is -2.24. The Kier molecular flexibility index (Phi) is 1.87. The fourth-order valence-corrected chi connectivity index (χ4v) is 2.31. The molecule has 0 N–H and O–H groups in total.